The lowest BCUT2D eigenvalue weighted by molar-refractivity contribution is -0.160. The van der Waals surface area contributed by atoms with Gasteiger partial charge in [0.15, 0.2) is 17.5 Å². The fourth-order valence-electron chi connectivity index (χ4n) is 5.84. The average Bonchev–Trinajstić information content (AvgIpc) is 3.38. The van der Waals surface area contributed by atoms with Crippen molar-refractivity contribution in [3.63, 3.8) is 0 Å². The third-order valence-electron chi connectivity index (χ3n) is 8.31. The van der Waals surface area contributed by atoms with E-state index in [1.54, 1.807) is 6.20 Å². The third kappa shape index (κ3) is 6.46. The summed E-state index contributed by atoms with van der Waals surface area (Å²) in [5, 5.41) is 14.8. The van der Waals surface area contributed by atoms with Crippen LogP contribution in [0.2, 0.25) is 5.15 Å². The highest BCUT2D eigenvalue weighted by atomic mass is 35.5. The number of anilines is 2. The summed E-state index contributed by atoms with van der Waals surface area (Å²) in [6.07, 6.45) is 3.94. The van der Waals surface area contributed by atoms with Gasteiger partial charge in [-0.2, -0.15) is 0 Å². The average molecular weight is 628 g/mol. The molecule has 10 heteroatoms. The van der Waals surface area contributed by atoms with E-state index in [1.165, 1.54) is 6.33 Å². The molecule has 1 atom stereocenters. The first-order chi connectivity index (χ1) is 21.4. The molecule has 4 heterocycles. The van der Waals surface area contributed by atoms with Crippen LogP contribution in [0.3, 0.4) is 0 Å². The minimum absolute atomic E-state index is 0.137. The van der Waals surface area contributed by atoms with Crippen LogP contribution in [0, 0.1) is 5.41 Å². The van der Waals surface area contributed by atoms with E-state index in [-0.39, 0.29) is 10.6 Å². The van der Waals surface area contributed by atoms with Crippen molar-refractivity contribution in [1.29, 1.82) is 0 Å². The predicted molar refractivity (Wildman–Crippen MR) is 178 cm³/mol. The van der Waals surface area contributed by atoms with Gasteiger partial charge in [-0.25, -0.2) is 19.7 Å². The number of nitrogens with one attached hydrogen (secondary N) is 1. The van der Waals surface area contributed by atoms with E-state index in [2.05, 4.69) is 39.0 Å². The van der Waals surface area contributed by atoms with Crippen molar-refractivity contribution in [2.24, 2.45) is 5.41 Å². The van der Waals surface area contributed by atoms with Gasteiger partial charge in [0, 0.05) is 36.8 Å². The number of aromatic nitrogens is 3. The fourth-order valence-corrected chi connectivity index (χ4v) is 6.08. The lowest BCUT2D eigenvalue weighted by atomic mass is 9.82. The van der Waals surface area contributed by atoms with Gasteiger partial charge in [0.1, 0.15) is 22.6 Å². The van der Waals surface area contributed by atoms with Crippen molar-refractivity contribution < 1.29 is 19.1 Å². The molecule has 1 saturated heterocycles. The second-order valence-electron chi connectivity index (χ2n) is 13.4. The van der Waals surface area contributed by atoms with Gasteiger partial charge < -0.3 is 24.5 Å². The topological polar surface area (TPSA) is 114 Å². The minimum Gasteiger partial charge on any atom is -0.479 e. The Labute approximate surface area is 267 Å². The maximum Gasteiger partial charge on any atom is 0.337 e. The minimum atomic E-state index is -1.28. The van der Waals surface area contributed by atoms with Crippen molar-refractivity contribution >= 4 is 51.1 Å². The fraction of sp³-hybridized carbons (Fsp3) is 0.371. The Hall–Kier alpha value is -4.21. The second kappa shape index (κ2) is 11.9. The first-order valence-corrected chi connectivity index (χ1v) is 15.6. The van der Waals surface area contributed by atoms with Crippen LogP contribution in [0.1, 0.15) is 64.7 Å². The molecule has 0 bridgehead atoms. The number of halogens is 1. The number of fused-ring (bicyclic) bond motifs is 3. The molecule has 1 unspecified atom stereocenters. The molecule has 1 aliphatic rings. The molecular weight excluding hydrogens is 590 g/mol. The Morgan fingerprint density at radius 2 is 1.80 bits per heavy atom. The molecular formula is C35H38ClN5O4. The number of furan rings is 1. The van der Waals surface area contributed by atoms with E-state index in [9.17, 15) is 9.90 Å². The monoisotopic (exact) mass is 627 g/mol. The van der Waals surface area contributed by atoms with Crippen molar-refractivity contribution in [1.82, 2.24) is 15.0 Å². The van der Waals surface area contributed by atoms with Crippen LogP contribution in [0.25, 0.3) is 33.2 Å². The van der Waals surface area contributed by atoms with Crippen molar-refractivity contribution in [3.05, 3.63) is 77.3 Å². The number of para-hydroxylation sites is 1. The molecule has 0 aliphatic carbocycles. The van der Waals surface area contributed by atoms with Crippen LogP contribution in [-0.4, -0.2) is 44.7 Å². The first kappa shape index (κ1) is 30.8. The van der Waals surface area contributed by atoms with E-state index in [4.69, 9.17) is 20.8 Å². The molecule has 2 aromatic carbocycles. The number of ether oxygens (including phenoxy) is 1. The van der Waals surface area contributed by atoms with E-state index >= 15 is 0 Å². The lowest BCUT2D eigenvalue weighted by Crippen LogP contribution is -2.39. The lowest BCUT2D eigenvalue weighted by Gasteiger charge is -2.40. The third-order valence-corrected chi connectivity index (χ3v) is 8.61. The standard InChI is InChI=1S/C35H38ClN5O4/c1-34(2,3)45-29(33(42)43)26-28(41-16-14-35(4,5)15-17-41)24(19-37-31(26)36)22-12-10-21(11-13-22)18-38-32-30-27(39-20-40-32)23-8-6-7-9-25(23)44-30/h6-13,19-20,29H,14-18H2,1-5H3,(H,42,43)(H,38,39,40). The highest BCUT2D eigenvalue weighted by Gasteiger charge is 2.36. The zero-order valence-electron chi connectivity index (χ0n) is 26.2. The Morgan fingerprint density at radius 3 is 2.49 bits per heavy atom. The number of aliphatic carboxylic acids is 1. The summed E-state index contributed by atoms with van der Waals surface area (Å²) in [6.45, 7) is 12.1. The number of carboxylic acid groups (broad SMARTS) is 1. The first-order valence-electron chi connectivity index (χ1n) is 15.2. The number of benzene rings is 2. The summed E-state index contributed by atoms with van der Waals surface area (Å²) in [6, 6.07) is 15.9. The molecule has 1 aliphatic heterocycles. The summed E-state index contributed by atoms with van der Waals surface area (Å²) < 4.78 is 12.2. The van der Waals surface area contributed by atoms with Crippen LogP contribution < -0.4 is 10.2 Å². The Kier molecular flexibility index (Phi) is 8.18. The van der Waals surface area contributed by atoms with Crippen LogP contribution in [0.15, 0.2) is 65.5 Å². The second-order valence-corrected chi connectivity index (χ2v) is 13.7. The smallest absolute Gasteiger partial charge is 0.337 e. The molecule has 234 valence electrons. The van der Waals surface area contributed by atoms with Gasteiger partial charge in [0.05, 0.1) is 16.9 Å². The summed E-state index contributed by atoms with van der Waals surface area (Å²) in [4.78, 5) is 28.2. The van der Waals surface area contributed by atoms with E-state index in [1.807, 2.05) is 69.3 Å². The molecule has 0 spiro atoms. The van der Waals surface area contributed by atoms with Crippen molar-refractivity contribution in [2.45, 2.75) is 65.7 Å². The molecule has 3 aromatic heterocycles. The number of hydrogen-bond donors (Lipinski definition) is 2. The highest BCUT2D eigenvalue weighted by molar-refractivity contribution is 6.31. The zero-order chi connectivity index (χ0) is 31.9. The summed E-state index contributed by atoms with van der Waals surface area (Å²) in [5.41, 5.74) is 5.56. The number of carboxylic acids is 1. The Morgan fingerprint density at radius 1 is 1.09 bits per heavy atom. The van der Waals surface area contributed by atoms with Gasteiger partial charge in [-0.15, -0.1) is 0 Å². The van der Waals surface area contributed by atoms with Gasteiger partial charge >= 0.3 is 5.97 Å². The maximum absolute atomic E-state index is 12.6. The molecule has 5 aromatic rings. The quantitative estimate of drug-likeness (QED) is 0.164. The van der Waals surface area contributed by atoms with E-state index in [0.717, 1.165) is 64.8 Å². The zero-order valence-corrected chi connectivity index (χ0v) is 27.0. The van der Waals surface area contributed by atoms with Gasteiger partial charge in [0.25, 0.3) is 0 Å². The van der Waals surface area contributed by atoms with Crippen molar-refractivity contribution in [3.8, 4) is 11.1 Å². The predicted octanol–water partition coefficient (Wildman–Crippen LogP) is 8.27. The van der Waals surface area contributed by atoms with Crippen molar-refractivity contribution in [2.75, 3.05) is 23.3 Å². The summed E-state index contributed by atoms with van der Waals surface area (Å²) >= 11 is 6.72. The normalized spacial score (nSPS) is 15.8. The number of rotatable bonds is 8. The Bertz CT molecular complexity index is 1850. The molecule has 0 amide bonds. The molecule has 0 saturated carbocycles. The molecule has 9 nitrogen and oxygen atoms in total. The molecule has 2 N–H and O–H groups in total. The Balaban J connectivity index is 1.33. The number of nitrogens with zero attached hydrogens (tertiary/aromatic N) is 4. The van der Waals surface area contributed by atoms with Gasteiger partial charge in [-0.3, -0.25) is 0 Å². The van der Waals surface area contributed by atoms with E-state index in [0.29, 0.717) is 23.5 Å². The number of hydrogen-bond acceptors (Lipinski definition) is 8. The summed E-state index contributed by atoms with van der Waals surface area (Å²) in [5.74, 6) is -0.477. The van der Waals surface area contributed by atoms with Crippen LogP contribution in [-0.2, 0) is 16.1 Å². The molecule has 1 fully saturated rings. The summed E-state index contributed by atoms with van der Waals surface area (Å²) in [7, 11) is 0. The number of pyridine rings is 1. The van der Waals surface area contributed by atoms with Crippen LogP contribution in [0.5, 0.6) is 0 Å². The largest absolute Gasteiger partial charge is 0.479 e. The highest BCUT2D eigenvalue weighted by Crippen LogP contribution is 2.44. The van der Waals surface area contributed by atoms with Crippen LogP contribution in [0.4, 0.5) is 11.5 Å². The molecule has 0 radical (unpaired) electrons. The molecule has 45 heavy (non-hydrogen) atoms. The van der Waals surface area contributed by atoms with E-state index < -0.39 is 17.7 Å². The van der Waals surface area contributed by atoms with Gasteiger partial charge in [-0.05, 0) is 62.3 Å². The number of piperidine rings is 1. The molecule has 6 rings (SSSR count). The number of carbonyl (C=O) groups is 1. The van der Waals surface area contributed by atoms with Gasteiger partial charge in [0.2, 0.25) is 0 Å². The van der Waals surface area contributed by atoms with Crippen LogP contribution >= 0.6 is 11.6 Å². The maximum atomic E-state index is 12.6. The SMILES string of the molecule is CC1(C)CCN(c2c(-c3ccc(CNc4ncnc5c4oc4ccccc45)cc3)cnc(Cl)c2C(OC(C)(C)C)C(=O)O)CC1. The van der Waals surface area contributed by atoms with Gasteiger partial charge in [-0.1, -0.05) is 61.8 Å².